The summed E-state index contributed by atoms with van der Waals surface area (Å²) in [5, 5.41) is 10.3. The van der Waals surface area contributed by atoms with Crippen LogP contribution >= 0.6 is 27.7 Å². The zero-order valence-electron chi connectivity index (χ0n) is 23.4. The monoisotopic (exact) mass is 632 g/mol. The third-order valence-corrected chi connectivity index (χ3v) is 11.7. The predicted octanol–water partition coefficient (Wildman–Crippen LogP) is 4.58. The molecule has 3 fully saturated rings. The Labute approximate surface area is 250 Å². The predicted molar refractivity (Wildman–Crippen MR) is 162 cm³/mol. The number of alkyl halides is 1. The van der Waals surface area contributed by atoms with Gasteiger partial charge in [0.15, 0.2) is 0 Å². The Bertz CT molecular complexity index is 1100. The van der Waals surface area contributed by atoms with Gasteiger partial charge in [0.2, 0.25) is 11.8 Å². The van der Waals surface area contributed by atoms with Gasteiger partial charge in [0.25, 0.3) is 0 Å². The van der Waals surface area contributed by atoms with E-state index in [0.29, 0.717) is 26.1 Å². The number of fused-ring (bicyclic) bond motifs is 1. The van der Waals surface area contributed by atoms with E-state index in [2.05, 4.69) is 29.1 Å². The number of amides is 2. The lowest BCUT2D eigenvalue weighted by atomic mass is 9.71. The molecule has 4 rings (SSSR count). The van der Waals surface area contributed by atoms with Gasteiger partial charge in [0.05, 0.1) is 35.8 Å². The fraction of sp³-hybridized carbons (Fsp3) is 0.581. The van der Waals surface area contributed by atoms with Gasteiger partial charge in [-0.05, 0) is 37.2 Å². The lowest BCUT2D eigenvalue weighted by Gasteiger charge is -2.41. The van der Waals surface area contributed by atoms with E-state index in [1.807, 2.05) is 50.3 Å². The van der Waals surface area contributed by atoms with Crippen LogP contribution in [-0.4, -0.2) is 79.4 Å². The summed E-state index contributed by atoms with van der Waals surface area (Å²) in [5.41, 5.74) is 0.977. The number of carbonyl (C=O) groups excluding carboxylic acids is 3. The number of aliphatic hydroxyl groups is 1. The maximum absolute atomic E-state index is 14.6. The summed E-state index contributed by atoms with van der Waals surface area (Å²) in [7, 11) is 0. The maximum atomic E-state index is 14.6. The second-order valence-corrected chi connectivity index (χ2v) is 14.1. The molecule has 0 radical (unpaired) electrons. The highest BCUT2D eigenvalue weighted by molar-refractivity contribution is 9.09. The Morgan fingerprint density at radius 3 is 2.60 bits per heavy atom. The van der Waals surface area contributed by atoms with Crippen LogP contribution in [0.5, 0.6) is 0 Å². The fourth-order valence-electron chi connectivity index (χ4n) is 6.62. The first-order valence-electron chi connectivity index (χ1n) is 14.2. The summed E-state index contributed by atoms with van der Waals surface area (Å²) in [6, 6.07) is 8.38. The number of thioether (sulfide) groups is 1. The van der Waals surface area contributed by atoms with Crippen LogP contribution in [0.3, 0.4) is 0 Å². The molecular weight excluding hydrogens is 592 g/mol. The Morgan fingerprint density at radius 2 is 1.98 bits per heavy atom. The van der Waals surface area contributed by atoms with Gasteiger partial charge < -0.3 is 19.6 Å². The topological polar surface area (TPSA) is 87.1 Å². The van der Waals surface area contributed by atoms with Gasteiger partial charge in [-0.1, -0.05) is 72.3 Å². The number of nitrogens with zero attached hydrogens (tertiary/aromatic N) is 2. The molecule has 1 aromatic rings. The molecule has 9 heteroatoms. The average Bonchev–Trinajstić information content (AvgIpc) is 3.52. The standard InChI is InChI=1S/C31H41BrN2O5S/c1-5-7-8-12-16-39-30(38)24-25-28(36)34(23(19-35)20(3)4)27(31(25)17-22(32)26(24)40-31)29(37)33(15-6-2)18-21-13-10-9-11-14-21/h5-6,9-11,13-14,20,22-27,35H,1-2,7-8,12,15-19H2,3-4H3/t22?,23-,24-,25-,26-,27?,31?/m0/s1. The molecule has 3 heterocycles. The highest BCUT2D eigenvalue weighted by Crippen LogP contribution is 2.68. The third-order valence-electron chi connectivity index (χ3n) is 8.47. The molecule has 1 spiro atoms. The summed E-state index contributed by atoms with van der Waals surface area (Å²) in [4.78, 5) is 45.8. The number of aliphatic hydroxyl groups excluding tert-OH is 1. The number of hydrogen-bond acceptors (Lipinski definition) is 6. The van der Waals surface area contributed by atoms with Crippen LogP contribution in [0.1, 0.15) is 45.1 Å². The molecular formula is C31H41BrN2O5S. The van der Waals surface area contributed by atoms with Gasteiger partial charge >= 0.3 is 5.97 Å². The number of ether oxygens (including phenoxy) is 1. The minimum Gasteiger partial charge on any atom is -0.465 e. The number of allylic oxidation sites excluding steroid dienone is 1. The van der Waals surface area contributed by atoms with Gasteiger partial charge in [-0.15, -0.1) is 24.9 Å². The molecule has 7 atom stereocenters. The summed E-state index contributed by atoms with van der Waals surface area (Å²) in [6.45, 7) is 12.2. The third kappa shape index (κ3) is 5.66. The van der Waals surface area contributed by atoms with E-state index in [0.717, 1.165) is 24.8 Å². The minimum absolute atomic E-state index is 0.0382. The molecule has 2 amide bonds. The van der Waals surface area contributed by atoms with Crippen LogP contribution in [0, 0.1) is 17.8 Å². The van der Waals surface area contributed by atoms with E-state index >= 15 is 0 Å². The number of rotatable bonds is 14. The zero-order chi connectivity index (χ0) is 29.0. The maximum Gasteiger partial charge on any atom is 0.310 e. The summed E-state index contributed by atoms with van der Waals surface area (Å²) in [6.07, 6.45) is 6.59. The highest BCUT2D eigenvalue weighted by Gasteiger charge is 2.76. The van der Waals surface area contributed by atoms with Crippen molar-refractivity contribution in [2.45, 2.75) is 73.0 Å². The van der Waals surface area contributed by atoms with E-state index in [9.17, 15) is 19.5 Å². The highest BCUT2D eigenvalue weighted by atomic mass is 79.9. The minimum atomic E-state index is -0.811. The van der Waals surface area contributed by atoms with Gasteiger partial charge in [0, 0.05) is 23.2 Å². The quantitative estimate of drug-likeness (QED) is 0.140. The Kier molecular flexibility index (Phi) is 10.2. The van der Waals surface area contributed by atoms with E-state index < -0.39 is 28.7 Å². The Hall–Kier alpha value is -2.10. The van der Waals surface area contributed by atoms with Crippen molar-refractivity contribution in [2.75, 3.05) is 19.8 Å². The molecule has 2 bridgehead atoms. The van der Waals surface area contributed by atoms with Crippen molar-refractivity contribution in [3.8, 4) is 0 Å². The lowest BCUT2D eigenvalue weighted by Crippen LogP contribution is -2.58. The lowest BCUT2D eigenvalue weighted by molar-refractivity contribution is -0.154. The van der Waals surface area contributed by atoms with E-state index in [1.165, 1.54) is 0 Å². The summed E-state index contributed by atoms with van der Waals surface area (Å²) in [5.74, 6) is -2.19. The van der Waals surface area contributed by atoms with E-state index in [4.69, 9.17) is 4.74 Å². The van der Waals surface area contributed by atoms with Crippen molar-refractivity contribution in [3.63, 3.8) is 0 Å². The Balaban J connectivity index is 1.71. The number of esters is 1. The average molecular weight is 634 g/mol. The van der Waals surface area contributed by atoms with Crippen molar-refractivity contribution < 1.29 is 24.2 Å². The van der Waals surface area contributed by atoms with Crippen LogP contribution in [0.15, 0.2) is 55.6 Å². The molecule has 1 N–H and O–H groups in total. The molecule has 0 aliphatic carbocycles. The number of unbranched alkanes of at least 4 members (excludes halogenated alkanes) is 2. The molecule has 7 nitrogen and oxygen atoms in total. The summed E-state index contributed by atoms with van der Waals surface area (Å²) < 4.78 is 4.93. The molecule has 3 aliphatic rings. The molecule has 0 saturated carbocycles. The van der Waals surface area contributed by atoms with Crippen molar-refractivity contribution in [2.24, 2.45) is 17.8 Å². The molecule has 40 heavy (non-hydrogen) atoms. The van der Waals surface area contributed by atoms with Gasteiger partial charge in [0.1, 0.15) is 6.04 Å². The van der Waals surface area contributed by atoms with Crippen LogP contribution in [0.2, 0.25) is 0 Å². The van der Waals surface area contributed by atoms with Crippen molar-refractivity contribution in [1.29, 1.82) is 0 Å². The zero-order valence-corrected chi connectivity index (χ0v) is 25.8. The number of hydrogen-bond donors (Lipinski definition) is 1. The largest absolute Gasteiger partial charge is 0.465 e. The molecule has 0 aromatic heterocycles. The normalized spacial score (nSPS) is 29.4. The second-order valence-electron chi connectivity index (χ2n) is 11.3. The second kappa shape index (κ2) is 13.3. The van der Waals surface area contributed by atoms with Crippen molar-refractivity contribution in [1.82, 2.24) is 9.80 Å². The Morgan fingerprint density at radius 1 is 1.25 bits per heavy atom. The van der Waals surface area contributed by atoms with Crippen LogP contribution in [0.4, 0.5) is 0 Å². The van der Waals surface area contributed by atoms with Crippen LogP contribution < -0.4 is 0 Å². The molecule has 3 aliphatic heterocycles. The summed E-state index contributed by atoms with van der Waals surface area (Å²) >= 11 is 5.39. The molecule has 218 valence electrons. The van der Waals surface area contributed by atoms with Gasteiger partial charge in [-0.2, -0.15) is 0 Å². The number of carbonyl (C=O) groups is 3. The first-order valence-corrected chi connectivity index (χ1v) is 16.0. The first kappa shape index (κ1) is 30.8. The van der Waals surface area contributed by atoms with E-state index in [1.54, 1.807) is 27.6 Å². The smallest absolute Gasteiger partial charge is 0.310 e. The van der Waals surface area contributed by atoms with Gasteiger partial charge in [-0.25, -0.2) is 0 Å². The van der Waals surface area contributed by atoms with E-state index in [-0.39, 0.29) is 40.4 Å². The number of likely N-dealkylation sites (tertiary alicyclic amines) is 1. The van der Waals surface area contributed by atoms with Crippen molar-refractivity contribution >= 4 is 45.5 Å². The molecule has 3 unspecified atom stereocenters. The molecule has 3 saturated heterocycles. The van der Waals surface area contributed by atoms with Gasteiger partial charge in [-0.3, -0.25) is 14.4 Å². The van der Waals surface area contributed by atoms with Crippen LogP contribution in [0.25, 0.3) is 0 Å². The van der Waals surface area contributed by atoms with Crippen LogP contribution in [-0.2, 0) is 25.7 Å². The molecule has 1 aromatic carbocycles. The SMILES string of the molecule is C=CCCCCOC(=O)[C@H]1[C@H]2C(=O)N([C@@H](CO)C(C)C)C(C(=O)N(CC=C)Cc3ccccc3)C23CC(Br)[C@@H]1S3. The number of benzene rings is 1. The number of halogens is 1. The fourth-order valence-corrected chi connectivity index (χ4v) is 10.2. The van der Waals surface area contributed by atoms with Crippen molar-refractivity contribution in [3.05, 3.63) is 61.2 Å². The first-order chi connectivity index (χ1) is 19.2.